The number of nitrogens with one attached hydrogen (secondary N) is 1. The summed E-state index contributed by atoms with van der Waals surface area (Å²) in [6.07, 6.45) is 7.42. The van der Waals surface area contributed by atoms with Crippen LogP contribution in [0.2, 0.25) is 0 Å². The molecule has 0 unspecified atom stereocenters. The first-order valence-electron chi connectivity index (χ1n) is 10.8. The third-order valence-corrected chi connectivity index (χ3v) is 7.93. The lowest BCUT2D eigenvalue weighted by atomic mass is 9.93. The van der Waals surface area contributed by atoms with Gasteiger partial charge >= 0.3 is 0 Å². The zero-order valence-electron chi connectivity index (χ0n) is 18.1. The van der Waals surface area contributed by atoms with Crippen molar-refractivity contribution in [2.75, 3.05) is 24.1 Å². The molecule has 1 aliphatic rings. The summed E-state index contributed by atoms with van der Waals surface area (Å²) in [6.45, 7) is 4.15. The number of hydrogen-bond acceptors (Lipinski definition) is 7. The van der Waals surface area contributed by atoms with Gasteiger partial charge in [-0.25, -0.2) is 13.1 Å². The number of pyridine rings is 2. The molecular weight excluding hydrogens is 547 g/mol. The van der Waals surface area contributed by atoms with E-state index >= 15 is 0 Å². The van der Waals surface area contributed by atoms with Crippen LogP contribution in [0.5, 0.6) is 0 Å². The second-order valence-corrected chi connectivity index (χ2v) is 10.6. The second kappa shape index (κ2) is 9.32. The molecule has 1 aromatic carbocycles. The van der Waals surface area contributed by atoms with Gasteiger partial charge in [-0.3, -0.25) is 9.78 Å². The van der Waals surface area contributed by atoms with E-state index in [1.54, 1.807) is 24.7 Å². The van der Waals surface area contributed by atoms with Crippen LogP contribution in [0, 0.1) is 6.92 Å². The number of fused-ring (bicyclic) bond motifs is 1. The highest BCUT2D eigenvalue weighted by molar-refractivity contribution is 14.1. The average Bonchev–Trinajstić information content (AvgIpc) is 3.26. The SMILES string of the molecule is Cc1c(-c2cnc(N)s2)ccc2cnc(NC(=O)c3ccnc(C4CCN(I)CC4)c3)cc12. The van der Waals surface area contributed by atoms with Gasteiger partial charge in [-0.15, -0.1) is 0 Å². The standard InChI is InChI=1S/C24H23IN6OS/c1-14-18(21-13-29-24(26)33-21)3-2-17-12-28-22(11-19(14)17)30-23(32)16-4-7-27-20(10-16)15-5-8-31(25)9-6-15/h2-4,7,10-13,15H,5-6,8-9H2,1H3,(H2,26,29)(H,28,30,32). The Hall–Kier alpha value is -2.63. The van der Waals surface area contributed by atoms with Crippen molar-refractivity contribution in [2.24, 2.45) is 0 Å². The number of rotatable bonds is 4. The van der Waals surface area contributed by atoms with Crippen LogP contribution in [0.15, 0.2) is 48.9 Å². The number of nitrogen functional groups attached to an aromatic ring is 1. The number of halogens is 1. The number of amides is 1. The molecule has 1 saturated heterocycles. The zero-order chi connectivity index (χ0) is 22.9. The van der Waals surface area contributed by atoms with E-state index in [1.807, 2.05) is 18.2 Å². The molecule has 0 spiro atoms. The van der Waals surface area contributed by atoms with Crippen LogP contribution in [-0.4, -0.2) is 37.1 Å². The van der Waals surface area contributed by atoms with Crippen molar-refractivity contribution >= 4 is 61.8 Å². The summed E-state index contributed by atoms with van der Waals surface area (Å²) in [5.41, 5.74) is 9.59. The molecule has 4 aromatic rings. The van der Waals surface area contributed by atoms with Crippen LogP contribution in [0.1, 0.15) is 40.4 Å². The Morgan fingerprint density at radius 3 is 2.73 bits per heavy atom. The third-order valence-electron chi connectivity index (χ3n) is 6.10. The quantitative estimate of drug-likeness (QED) is 0.251. The van der Waals surface area contributed by atoms with Crippen LogP contribution >= 0.6 is 34.2 Å². The van der Waals surface area contributed by atoms with Crippen molar-refractivity contribution < 1.29 is 4.79 Å². The van der Waals surface area contributed by atoms with E-state index < -0.39 is 0 Å². The minimum atomic E-state index is -0.180. The Balaban J connectivity index is 1.39. The Labute approximate surface area is 210 Å². The molecule has 0 bridgehead atoms. The maximum absolute atomic E-state index is 13.0. The minimum Gasteiger partial charge on any atom is -0.375 e. The van der Waals surface area contributed by atoms with Crippen molar-refractivity contribution in [3.63, 3.8) is 0 Å². The highest BCUT2D eigenvalue weighted by Gasteiger charge is 2.21. The third kappa shape index (κ3) is 4.71. The van der Waals surface area contributed by atoms with Crippen molar-refractivity contribution in [3.8, 4) is 10.4 Å². The molecule has 5 rings (SSSR count). The summed E-state index contributed by atoms with van der Waals surface area (Å²) in [5, 5.41) is 5.55. The van der Waals surface area contributed by atoms with Gasteiger partial charge in [0.25, 0.3) is 5.91 Å². The summed E-state index contributed by atoms with van der Waals surface area (Å²) in [5.74, 6) is 0.735. The van der Waals surface area contributed by atoms with E-state index in [-0.39, 0.29) is 5.91 Å². The van der Waals surface area contributed by atoms with Gasteiger partial charge in [0.2, 0.25) is 0 Å². The van der Waals surface area contributed by atoms with Gasteiger partial charge in [0, 0.05) is 77.1 Å². The number of benzene rings is 1. The fourth-order valence-electron chi connectivity index (χ4n) is 4.26. The number of aryl methyl sites for hydroxylation is 1. The summed E-state index contributed by atoms with van der Waals surface area (Å²) < 4.78 is 2.30. The number of aromatic nitrogens is 3. The van der Waals surface area contributed by atoms with Gasteiger partial charge in [-0.05, 0) is 54.5 Å². The number of nitrogens with two attached hydrogens (primary N) is 1. The topological polar surface area (TPSA) is 97.0 Å². The van der Waals surface area contributed by atoms with Gasteiger partial charge in [-0.1, -0.05) is 23.5 Å². The van der Waals surface area contributed by atoms with Gasteiger partial charge in [0.1, 0.15) is 5.82 Å². The summed E-state index contributed by atoms with van der Waals surface area (Å²) in [6, 6.07) is 9.69. The molecule has 1 aliphatic heterocycles. The van der Waals surface area contributed by atoms with Crippen LogP contribution in [0.4, 0.5) is 10.9 Å². The number of carbonyl (C=O) groups excluding carboxylic acids is 1. The highest BCUT2D eigenvalue weighted by Crippen LogP contribution is 2.34. The van der Waals surface area contributed by atoms with Crippen LogP contribution in [0.25, 0.3) is 21.2 Å². The number of thiazole rings is 1. The van der Waals surface area contributed by atoms with E-state index in [0.717, 1.165) is 58.4 Å². The van der Waals surface area contributed by atoms with Gasteiger partial charge < -0.3 is 11.1 Å². The first-order valence-corrected chi connectivity index (χ1v) is 12.5. The number of anilines is 2. The van der Waals surface area contributed by atoms with Gasteiger partial charge in [0.15, 0.2) is 5.13 Å². The Morgan fingerprint density at radius 1 is 1.15 bits per heavy atom. The van der Waals surface area contributed by atoms with Crippen LogP contribution < -0.4 is 11.1 Å². The van der Waals surface area contributed by atoms with E-state index in [2.05, 4.69) is 59.2 Å². The molecule has 0 saturated carbocycles. The molecule has 7 nitrogen and oxygen atoms in total. The minimum absolute atomic E-state index is 0.180. The Bertz CT molecular complexity index is 1330. The molecule has 1 amide bonds. The number of hydrogen-bond donors (Lipinski definition) is 2. The molecule has 9 heteroatoms. The first-order chi connectivity index (χ1) is 16.0. The normalized spacial score (nSPS) is 15.1. The van der Waals surface area contributed by atoms with Crippen molar-refractivity contribution in [3.05, 3.63) is 65.7 Å². The maximum Gasteiger partial charge on any atom is 0.256 e. The number of piperidine rings is 1. The lowest BCUT2D eigenvalue weighted by molar-refractivity contribution is 0.102. The van der Waals surface area contributed by atoms with E-state index in [9.17, 15) is 4.79 Å². The monoisotopic (exact) mass is 570 g/mol. The van der Waals surface area contributed by atoms with Crippen LogP contribution in [0.3, 0.4) is 0 Å². The molecule has 4 heterocycles. The van der Waals surface area contributed by atoms with Crippen molar-refractivity contribution in [2.45, 2.75) is 25.7 Å². The molecular formula is C24H23IN6OS. The predicted octanol–water partition coefficient (Wildman–Crippen LogP) is 5.43. The van der Waals surface area contributed by atoms with Gasteiger partial charge in [-0.2, -0.15) is 0 Å². The van der Waals surface area contributed by atoms with E-state index in [1.165, 1.54) is 11.3 Å². The van der Waals surface area contributed by atoms with Crippen molar-refractivity contribution in [1.82, 2.24) is 18.1 Å². The molecule has 3 aromatic heterocycles. The van der Waals surface area contributed by atoms with Crippen molar-refractivity contribution in [1.29, 1.82) is 0 Å². The maximum atomic E-state index is 13.0. The lowest BCUT2D eigenvalue weighted by Gasteiger charge is -2.27. The fraction of sp³-hybridized carbons (Fsp3) is 0.250. The number of carbonyl (C=O) groups is 1. The molecule has 0 radical (unpaired) electrons. The smallest absolute Gasteiger partial charge is 0.256 e. The van der Waals surface area contributed by atoms with E-state index in [0.29, 0.717) is 22.4 Å². The molecule has 1 fully saturated rings. The fourth-order valence-corrected chi connectivity index (χ4v) is 5.58. The van der Waals surface area contributed by atoms with Gasteiger partial charge in [0.05, 0.1) is 4.88 Å². The highest BCUT2D eigenvalue weighted by atomic mass is 127. The largest absolute Gasteiger partial charge is 0.375 e. The molecule has 0 aliphatic carbocycles. The molecule has 33 heavy (non-hydrogen) atoms. The molecule has 3 N–H and O–H groups in total. The predicted molar refractivity (Wildman–Crippen MR) is 142 cm³/mol. The second-order valence-electron chi connectivity index (χ2n) is 8.20. The first kappa shape index (κ1) is 22.2. The zero-order valence-corrected chi connectivity index (χ0v) is 21.1. The van der Waals surface area contributed by atoms with E-state index in [4.69, 9.17) is 5.73 Å². The summed E-state index contributed by atoms with van der Waals surface area (Å²) in [7, 11) is 0. The summed E-state index contributed by atoms with van der Waals surface area (Å²) in [4.78, 5) is 27.2. The molecule has 0 atom stereocenters. The summed E-state index contributed by atoms with van der Waals surface area (Å²) >= 11 is 3.83. The average molecular weight is 570 g/mol. The Kier molecular flexibility index (Phi) is 6.26. The van der Waals surface area contributed by atoms with Crippen LogP contribution in [-0.2, 0) is 0 Å². The lowest BCUT2D eigenvalue weighted by Crippen LogP contribution is -2.25. The molecule has 168 valence electrons. The number of nitrogens with zero attached hydrogens (tertiary/aromatic N) is 4. The Morgan fingerprint density at radius 2 is 1.97 bits per heavy atom.